The van der Waals surface area contributed by atoms with Crippen LogP contribution in [0.5, 0.6) is 5.75 Å². The third-order valence-electron chi connectivity index (χ3n) is 6.06. The van der Waals surface area contributed by atoms with Crippen LogP contribution in [-0.2, 0) is 4.74 Å². The first-order valence-corrected chi connectivity index (χ1v) is 9.14. The van der Waals surface area contributed by atoms with Crippen LogP contribution in [0.2, 0.25) is 0 Å². The number of methoxy groups -OCH3 is 2. The van der Waals surface area contributed by atoms with E-state index in [1.165, 1.54) is 19.3 Å². The van der Waals surface area contributed by atoms with Crippen LogP contribution in [0.4, 0.5) is 0 Å². The number of H-pyrrole nitrogens is 1. The molecule has 4 rings (SSSR count). The molecule has 1 aliphatic heterocycles. The van der Waals surface area contributed by atoms with Crippen LogP contribution in [-0.4, -0.2) is 49.2 Å². The fraction of sp³-hybridized carbons (Fsp3) is 0.550. The van der Waals surface area contributed by atoms with Crippen molar-refractivity contribution in [1.82, 2.24) is 9.88 Å². The molecule has 1 saturated carbocycles. The van der Waals surface area contributed by atoms with E-state index in [1.807, 2.05) is 36.3 Å². The van der Waals surface area contributed by atoms with Crippen molar-refractivity contribution < 1.29 is 14.3 Å². The van der Waals surface area contributed by atoms with Gasteiger partial charge in [0.1, 0.15) is 11.4 Å². The molecular weight excluding hydrogens is 316 g/mol. The van der Waals surface area contributed by atoms with Crippen LogP contribution in [0.3, 0.4) is 0 Å². The Balaban J connectivity index is 1.58. The topological polar surface area (TPSA) is 54.6 Å². The molecule has 2 aliphatic rings. The average Bonchev–Trinajstić information content (AvgIpc) is 3.24. The van der Waals surface area contributed by atoms with Crippen molar-refractivity contribution in [2.75, 3.05) is 27.3 Å². The van der Waals surface area contributed by atoms with E-state index < -0.39 is 0 Å². The zero-order valence-electron chi connectivity index (χ0n) is 15.0. The van der Waals surface area contributed by atoms with E-state index >= 15 is 0 Å². The number of nitrogens with one attached hydrogen (secondary N) is 1. The zero-order valence-corrected chi connectivity index (χ0v) is 15.0. The van der Waals surface area contributed by atoms with Gasteiger partial charge < -0.3 is 19.4 Å². The third kappa shape index (κ3) is 2.80. The van der Waals surface area contributed by atoms with Gasteiger partial charge in [0, 0.05) is 36.5 Å². The third-order valence-corrected chi connectivity index (χ3v) is 6.06. The summed E-state index contributed by atoms with van der Waals surface area (Å²) < 4.78 is 11.0. The quantitative estimate of drug-likeness (QED) is 0.927. The number of amides is 1. The lowest BCUT2D eigenvalue weighted by Crippen LogP contribution is -2.49. The zero-order chi connectivity index (χ0) is 17.4. The number of carbonyl (C=O) groups excluding carboxylic acids is 1. The molecule has 1 N–H and O–H groups in total. The highest BCUT2D eigenvalue weighted by Crippen LogP contribution is 2.46. The summed E-state index contributed by atoms with van der Waals surface area (Å²) in [5.74, 6) is 0.896. The van der Waals surface area contributed by atoms with Crippen molar-refractivity contribution in [3.8, 4) is 5.75 Å². The summed E-state index contributed by atoms with van der Waals surface area (Å²) in [5.41, 5.74) is 1.77. The summed E-state index contributed by atoms with van der Waals surface area (Å²) in [7, 11) is 3.46. The van der Waals surface area contributed by atoms with Crippen molar-refractivity contribution >= 4 is 16.8 Å². The minimum atomic E-state index is 0.0935. The second-order valence-electron chi connectivity index (χ2n) is 7.45. The number of piperidine rings is 1. The van der Waals surface area contributed by atoms with Crippen LogP contribution >= 0.6 is 0 Å². The van der Waals surface area contributed by atoms with Gasteiger partial charge in [-0.1, -0.05) is 6.42 Å². The molecule has 25 heavy (non-hydrogen) atoms. The number of benzene rings is 1. The van der Waals surface area contributed by atoms with Crippen LogP contribution in [0, 0.1) is 5.41 Å². The van der Waals surface area contributed by atoms with Gasteiger partial charge in [0.2, 0.25) is 0 Å². The lowest BCUT2D eigenvalue weighted by molar-refractivity contribution is -0.0296. The molecule has 2 fully saturated rings. The maximum Gasteiger partial charge on any atom is 0.270 e. The van der Waals surface area contributed by atoms with Gasteiger partial charge in [0.05, 0.1) is 13.2 Å². The van der Waals surface area contributed by atoms with Gasteiger partial charge in [-0.3, -0.25) is 4.79 Å². The molecule has 1 aromatic heterocycles. The molecule has 2 aromatic rings. The number of nitrogens with zero attached hydrogens (tertiary/aromatic N) is 1. The number of aromatic nitrogens is 1. The SMILES string of the molecule is COc1ccc2[nH]c(C(=O)N3CCC[C@]4(CCC[C@H]4OC)C3)cc2c1. The van der Waals surface area contributed by atoms with Gasteiger partial charge in [-0.05, 0) is 49.9 Å². The Labute approximate surface area is 148 Å². The van der Waals surface area contributed by atoms with Crippen molar-refractivity contribution in [3.05, 3.63) is 30.0 Å². The summed E-state index contributed by atoms with van der Waals surface area (Å²) in [6.07, 6.45) is 5.99. The Bertz CT molecular complexity index is 784. The largest absolute Gasteiger partial charge is 0.497 e. The van der Waals surface area contributed by atoms with Gasteiger partial charge in [0.15, 0.2) is 0 Å². The number of hydrogen-bond acceptors (Lipinski definition) is 3. The van der Waals surface area contributed by atoms with E-state index in [2.05, 4.69) is 4.98 Å². The van der Waals surface area contributed by atoms with E-state index in [1.54, 1.807) is 7.11 Å². The highest BCUT2D eigenvalue weighted by atomic mass is 16.5. The van der Waals surface area contributed by atoms with Crippen LogP contribution in [0.15, 0.2) is 24.3 Å². The molecule has 5 heteroatoms. The summed E-state index contributed by atoms with van der Waals surface area (Å²) in [6.45, 7) is 1.64. The molecular formula is C20H26N2O3. The average molecular weight is 342 g/mol. The van der Waals surface area contributed by atoms with Gasteiger partial charge in [-0.2, -0.15) is 0 Å². The molecule has 2 heterocycles. The Morgan fingerprint density at radius 3 is 2.88 bits per heavy atom. The van der Waals surface area contributed by atoms with Crippen molar-refractivity contribution in [2.45, 2.75) is 38.2 Å². The van der Waals surface area contributed by atoms with E-state index in [0.29, 0.717) is 5.69 Å². The molecule has 2 atom stereocenters. The molecule has 1 aromatic carbocycles. The molecule has 0 bridgehead atoms. The Hall–Kier alpha value is -2.01. The highest BCUT2D eigenvalue weighted by molar-refractivity contribution is 5.98. The van der Waals surface area contributed by atoms with Crippen molar-refractivity contribution in [1.29, 1.82) is 0 Å². The molecule has 134 valence electrons. The first-order chi connectivity index (χ1) is 12.1. The highest BCUT2D eigenvalue weighted by Gasteiger charge is 2.46. The second-order valence-corrected chi connectivity index (χ2v) is 7.45. The number of carbonyl (C=O) groups is 1. The minimum absolute atomic E-state index is 0.0935. The first-order valence-electron chi connectivity index (χ1n) is 9.14. The normalized spacial score (nSPS) is 26.5. The molecule has 5 nitrogen and oxygen atoms in total. The molecule has 1 spiro atoms. The summed E-state index contributed by atoms with van der Waals surface area (Å²) in [6, 6.07) is 7.76. The number of rotatable bonds is 3. The number of fused-ring (bicyclic) bond motifs is 1. The molecule has 1 saturated heterocycles. The number of hydrogen-bond donors (Lipinski definition) is 1. The van der Waals surface area contributed by atoms with Gasteiger partial charge >= 0.3 is 0 Å². The number of likely N-dealkylation sites (tertiary alicyclic amines) is 1. The smallest absolute Gasteiger partial charge is 0.270 e. The maximum atomic E-state index is 13.1. The summed E-state index contributed by atoms with van der Waals surface area (Å²) in [4.78, 5) is 18.4. The molecule has 0 unspecified atom stereocenters. The lowest BCUT2D eigenvalue weighted by Gasteiger charge is -2.43. The van der Waals surface area contributed by atoms with Crippen LogP contribution in [0.25, 0.3) is 10.9 Å². The van der Waals surface area contributed by atoms with Crippen LogP contribution in [0.1, 0.15) is 42.6 Å². The lowest BCUT2D eigenvalue weighted by atomic mass is 9.76. The van der Waals surface area contributed by atoms with E-state index in [9.17, 15) is 4.79 Å². The van der Waals surface area contributed by atoms with E-state index in [4.69, 9.17) is 9.47 Å². The van der Waals surface area contributed by atoms with Crippen molar-refractivity contribution in [2.24, 2.45) is 5.41 Å². The fourth-order valence-electron chi connectivity index (χ4n) is 4.80. The fourth-order valence-corrected chi connectivity index (χ4v) is 4.80. The van der Waals surface area contributed by atoms with Gasteiger partial charge in [-0.15, -0.1) is 0 Å². The minimum Gasteiger partial charge on any atom is -0.497 e. The number of ether oxygens (including phenoxy) is 2. The monoisotopic (exact) mass is 342 g/mol. The molecule has 1 amide bonds. The van der Waals surface area contributed by atoms with Crippen molar-refractivity contribution in [3.63, 3.8) is 0 Å². The molecule has 1 aliphatic carbocycles. The summed E-state index contributed by atoms with van der Waals surface area (Å²) >= 11 is 0. The predicted molar refractivity (Wildman–Crippen MR) is 97.1 cm³/mol. The Morgan fingerprint density at radius 2 is 2.08 bits per heavy atom. The van der Waals surface area contributed by atoms with Crippen LogP contribution < -0.4 is 4.74 Å². The predicted octanol–water partition coefficient (Wildman–Crippen LogP) is 3.60. The summed E-state index contributed by atoms with van der Waals surface area (Å²) in [5, 5.41) is 1.00. The first kappa shape index (κ1) is 16.5. The maximum absolute atomic E-state index is 13.1. The van der Waals surface area contributed by atoms with Gasteiger partial charge in [0.25, 0.3) is 5.91 Å². The standard InChI is InChI=1S/C20H26N2O3/c1-24-15-6-7-16-14(11-15)12-17(21-16)19(23)22-10-4-9-20(13-22)8-3-5-18(20)25-2/h6-7,11-12,18,21H,3-5,8-10,13H2,1-2H3/t18-,20-/m1/s1. The number of aromatic amines is 1. The van der Waals surface area contributed by atoms with E-state index in [0.717, 1.165) is 42.6 Å². The molecule has 0 radical (unpaired) electrons. The Morgan fingerprint density at radius 1 is 1.24 bits per heavy atom. The Kier molecular flexibility index (Phi) is 4.20. The van der Waals surface area contributed by atoms with E-state index in [-0.39, 0.29) is 17.4 Å². The van der Waals surface area contributed by atoms with Gasteiger partial charge in [-0.25, -0.2) is 0 Å². The second kappa shape index (κ2) is 6.37.